The summed E-state index contributed by atoms with van der Waals surface area (Å²) in [5, 5.41) is 4.89. The number of fused-ring (bicyclic) bond motifs is 5. The van der Waals surface area contributed by atoms with Crippen LogP contribution in [0.25, 0.3) is 55.1 Å². The standard InChI is InChI=1S/C45H38N2/c1-5-16-39-44(37-26-25-35(28-40(37)45(39,3)4)31-17-8-6-9-18-31)46-43(32-19-10-7-11-20-32)30(2)47-41-24-15-14-23-36(41)38-27-33-21-12-13-22-34(33)29-42(38)47/h6-15,17-29H,2,5,16H2,1,3-4H3/b46-43+. The summed E-state index contributed by atoms with van der Waals surface area (Å²) in [6.07, 6.45) is 2.04. The van der Waals surface area contributed by atoms with Crippen molar-refractivity contribution < 1.29 is 0 Å². The summed E-state index contributed by atoms with van der Waals surface area (Å²) in [6, 6.07) is 50.1. The lowest BCUT2D eigenvalue weighted by molar-refractivity contribution is 0.602. The van der Waals surface area contributed by atoms with Crippen molar-refractivity contribution in [2.45, 2.75) is 39.0 Å². The fourth-order valence-corrected chi connectivity index (χ4v) is 7.56. The number of allylic oxidation sites excluding steroid dienone is 2. The molecule has 228 valence electrons. The Hall–Kier alpha value is -5.47. The van der Waals surface area contributed by atoms with Crippen LogP contribution in [0.2, 0.25) is 0 Å². The lowest BCUT2D eigenvalue weighted by Gasteiger charge is -2.25. The van der Waals surface area contributed by atoms with Crippen LogP contribution < -0.4 is 0 Å². The second kappa shape index (κ2) is 11.4. The molecule has 2 heteroatoms. The third-order valence-corrected chi connectivity index (χ3v) is 9.95. The van der Waals surface area contributed by atoms with Gasteiger partial charge in [-0.2, -0.15) is 0 Å². The Morgan fingerprint density at radius 3 is 2.06 bits per heavy atom. The van der Waals surface area contributed by atoms with Gasteiger partial charge in [0.2, 0.25) is 0 Å². The Labute approximate surface area is 277 Å². The highest BCUT2D eigenvalue weighted by molar-refractivity contribution is 6.31. The molecular weight excluding hydrogens is 569 g/mol. The van der Waals surface area contributed by atoms with Crippen LogP contribution in [0.4, 0.5) is 0 Å². The van der Waals surface area contributed by atoms with Crippen LogP contribution in [0, 0.1) is 0 Å². The van der Waals surface area contributed by atoms with Gasteiger partial charge in [0.15, 0.2) is 0 Å². The molecule has 8 rings (SSSR count). The topological polar surface area (TPSA) is 17.3 Å². The molecule has 0 radical (unpaired) electrons. The maximum Gasteiger partial charge on any atom is 0.0943 e. The van der Waals surface area contributed by atoms with Gasteiger partial charge in [0.1, 0.15) is 0 Å². The molecule has 7 aromatic rings. The van der Waals surface area contributed by atoms with E-state index in [4.69, 9.17) is 11.6 Å². The summed E-state index contributed by atoms with van der Waals surface area (Å²) in [4.78, 5) is 5.69. The molecular formula is C45H38N2. The first kappa shape index (κ1) is 29.0. The number of benzene rings is 6. The van der Waals surface area contributed by atoms with E-state index >= 15 is 0 Å². The molecule has 47 heavy (non-hydrogen) atoms. The average molecular weight is 607 g/mol. The monoisotopic (exact) mass is 606 g/mol. The number of aromatic nitrogens is 1. The van der Waals surface area contributed by atoms with Crippen molar-refractivity contribution in [1.82, 2.24) is 4.57 Å². The van der Waals surface area contributed by atoms with Gasteiger partial charge in [-0.15, -0.1) is 0 Å². The molecule has 2 nitrogen and oxygen atoms in total. The van der Waals surface area contributed by atoms with Crippen LogP contribution in [-0.4, -0.2) is 10.3 Å². The van der Waals surface area contributed by atoms with Crippen molar-refractivity contribution in [3.05, 3.63) is 168 Å². The van der Waals surface area contributed by atoms with Gasteiger partial charge in [-0.3, -0.25) is 0 Å². The first-order chi connectivity index (χ1) is 23.0. The van der Waals surface area contributed by atoms with Gasteiger partial charge in [0, 0.05) is 27.3 Å². The number of aliphatic imine (C=N–C) groups is 1. The molecule has 0 atom stereocenters. The van der Waals surface area contributed by atoms with Gasteiger partial charge in [0.25, 0.3) is 0 Å². The van der Waals surface area contributed by atoms with E-state index in [0.29, 0.717) is 0 Å². The number of rotatable bonds is 7. The Morgan fingerprint density at radius 2 is 1.32 bits per heavy atom. The van der Waals surface area contributed by atoms with E-state index in [1.165, 1.54) is 49.4 Å². The normalized spacial score (nSPS) is 14.3. The molecule has 0 amide bonds. The third-order valence-electron chi connectivity index (χ3n) is 9.95. The fourth-order valence-electron chi connectivity index (χ4n) is 7.56. The van der Waals surface area contributed by atoms with Gasteiger partial charge in [-0.25, -0.2) is 4.99 Å². The van der Waals surface area contributed by atoms with Crippen molar-refractivity contribution in [3.63, 3.8) is 0 Å². The number of nitrogens with zero attached hydrogens (tertiary/aromatic N) is 2. The van der Waals surface area contributed by atoms with Gasteiger partial charge in [-0.05, 0) is 63.7 Å². The zero-order valence-electron chi connectivity index (χ0n) is 27.3. The van der Waals surface area contributed by atoms with E-state index in [-0.39, 0.29) is 5.41 Å². The van der Waals surface area contributed by atoms with Gasteiger partial charge in [-0.1, -0.05) is 149 Å². The lowest BCUT2D eigenvalue weighted by Crippen LogP contribution is -2.17. The van der Waals surface area contributed by atoms with E-state index in [1.807, 2.05) is 0 Å². The zero-order valence-corrected chi connectivity index (χ0v) is 27.3. The number of hydrogen-bond acceptors (Lipinski definition) is 1. The van der Waals surface area contributed by atoms with Gasteiger partial charge in [0.05, 0.1) is 28.1 Å². The Balaban J connectivity index is 1.38. The van der Waals surface area contributed by atoms with Crippen LogP contribution in [0.5, 0.6) is 0 Å². The highest BCUT2D eigenvalue weighted by atomic mass is 15.0. The van der Waals surface area contributed by atoms with E-state index in [9.17, 15) is 0 Å². The number of para-hydroxylation sites is 1. The maximum absolute atomic E-state index is 5.69. The van der Waals surface area contributed by atoms with E-state index in [1.54, 1.807) is 0 Å². The van der Waals surface area contributed by atoms with E-state index < -0.39 is 0 Å². The minimum Gasteiger partial charge on any atom is -0.308 e. The van der Waals surface area contributed by atoms with Crippen LogP contribution in [-0.2, 0) is 5.41 Å². The summed E-state index contributed by atoms with van der Waals surface area (Å²) >= 11 is 0. The third kappa shape index (κ3) is 4.75. The predicted molar refractivity (Wildman–Crippen MR) is 202 cm³/mol. The molecule has 1 aliphatic carbocycles. The van der Waals surface area contributed by atoms with Crippen LogP contribution in [0.15, 0.2) is 157 Å². The Kier molecular flexibility index (Phi) is 7.03. The van der Waals surface area contributed by atoms with Crippen molar-refractivity contribution in [1.29, 1.82) is 0 Å². The fraction of sp³-hybridized carbons (Fsp3) is 0.133. The Bertz CT molecular complexity index is 2380. The maximum atomic E-state index is 5.69. The molecule has 6 aromatic carbocycles. The molecule has 0 unspecified atom stereocenters. The van der Waals surface area contributed by atoms with E-state index in [2.05, 4.69) is 165 Å². The number of hydrogen-bond donors (Lipinski definition) is 0. The molecule has 1 heterocycles. The second-order valence-electron chi connectivity index (χ2n) is 13.2. The van der Waals surface area contributed by atoms with Crippen molar-refractivity contribution in [2.24, 2.45) is 4.99 Å². The van der Waals surface area contributed by atoms with Crippen LogP contribution >= 0.6 is 0 Å². The molecule has 0 fully saturated rings. The minimum absolute atomic E-state index is 0.149. The van der Waals surface area contributed by atoms with E-state index in [0.717, 1.165) is 46.5 Å². The predicted octanol–water partition coefficient (Wildman–Crippen LogP) is 12.1. The van der Waals surface area contributed by atoms with Crippen molar-refractivity contribution in [3.8, 4) is 11.1 Å². The zero-order chi connectivity index (χ0) is 32.1. The molecule has 1 aromatic heterocycles. The summed E-state index contributed by atoms with van der Waals surface area (Å²) in [5.74, 6) is 0. The smallest absolute Gasteiger partial charge is 0.0943 e. The summed E-state index contributed by atoms with van der Waals surface area (Å²) in [5.41, 5.74) is 12.4. The van der Waals surface area contributed by atoms with Crippen LogP contribution in [0.3, 0.4) is 0 Å². The molecule has 0 N–H and O–H groups in total. The highest BCUT2D eigenvalue weighted by Crippen LogP contribution is 2.50. The average Bonchev–Trinajstić information content (AvgIpc) is 3.54. The quantitative estimate of drug-likeness (QED) is 0.161. The van der Waals surface area contributed by atoms with Crippen LogP contribution in [0.1, 0.15) is 50.3 Å². The second-order valence-corrected chi connectivity index (χ2v) is 13.2. The summed E-state index contributed by atoms with van der Waals surface area (Å²) in [7, 11) is 0. The summed E-state index contributed by atoms with van der Waals surface area (Å²) in [6.45, 7) is 11.8. The molecule has 1 aliphatic rings. The molecule has 0 saturated carbocycles. The summed E-state index contributed by atoms with van der Waals surface area (Å²) < 4.78 is 2.32. The molecule has 0 aliphatic heterocycles. The van der Waals surface area contributed by atoms with Crippen molar-refractivity contribution in [2.75, 3.05) is 0 Å². The largest absolute Gasteiger partial charge is 0.308 e. The minimum atomic E-state index is -0.149. The van der Waals surface area contributed by atoms with Gasteiger partial charge >= 0.3 is 0 Å². The SMILES string of the molecule is C=C(/C(=N\C1=C(CCC)C(C)(C)c2cc(-c3ccccc3)ccc21)c1ccccc1)n1c2ccccc2c2cc3ccccc3cc21. The Morgan fingerprint density at radius 1 is 0.660 bits per heavy atom. The first-order valence-electron chi connectivity index (χ1n) is 16.7. The highest BCUT2D eigenvalue weighted by Gasteiger charge is 2.38. The van der Waals surface area contributed by atoms with Crippen molar-refractivity contribution >= 4 is 49.7 Å². The molecule has 0 saturated heterocycles. The van der Waals surface area contributed by atoms with Gasteiger partial charge < -0.3 is 4.57 Å². The first-order valence-corrected chi connectivity index (χ1v) is 16.7. The molecule has 0 spiro atoms. The molecule has 0 bridgehead atoms. The lowest BCUT2D eigenvalue weighted by atomic mass is 9.79.